The zero-order valence-electron chi connectivity index (χ0n) is 19.9. The van der Waals surface area contributed by atoms with Crippen molar-refractivity contribution in [3.05, 3.63) is 101 Å². The highest BCUT2D eigenvalue weighted by molar-refractivity contribution is 5.84. The van der Waals surface area contributed by atoms with Crippen LogP contribution in [0.2, 0.25) is 0 Å². The fraction of sp³-hybridized carbons (Fsp3) is 0.276. The molecule has 0 bridgehead atoms. The van der Waals surface area contributed by atoms with E-state index >= 15 is 0 Å². The molecular formula is C29H30N2O4. The summed E-state index contributed by atoms with van der Waals surface area (Å²) in [5.41, 5.74) is 10.1. The molecule has 6 nitrogen and oxygen atoms in total. The molecule has 0 saturated heterocycles. The summed E-state index contributed by atoms with van der Waals surface area (Å²) in [4.78, 5) is 29.8. The lowest BCUT2D eigenvalue weighted by atomic mass is 9.80. The van der Waals surface area contributed by atoms with Crippen LogP contribution in [0.1, 0.15) is 66.7 Å². The van der Waals surface area contributed by atoms with Gasteiger partial charge < -0.3 is 15.3 Å². The van der Waals surface area contributed by atoms with Gasteiger partial charge in [0.05, 0.1) is 0 Å². The van der Waals surface area contributed by atoms with Crippen molar-refractivity contribution >= 4 is 17.8 Å². The zero-order chi connectivity index (χ0) is 24.6. The van der Waals surface area contributed by atoms with E-state index in [4.69, 9.17) is 15.3 Å². The van der Waals surface area contributed by atoms with Gasteiger partial charge in [0.15, 0.2) is 0 Å². The minimum Gasteiger partial charge on any atom is -0.426 e. The van der Waals surface area contributed by atoms with E-state index in [2.05, 4.69) is 11.2 Å². The summed E-state index contributed by atoms with van der Waals surface area (Å²) in [6.07, 6.45) is 4.18. The Hall–Kier alpha value is -3.93. The van der Waals surface area contributed by atoms with E-state index in [1.807, 2.05) is 72.8 Å². The molecule has 0 radical (unpaired) electrons. The molecule has 0 aliphatic heterocycles. The maximum Gasteiger partial charge on any atom is 0.346 e. The number of carbonyl (C=O) groups excluding carboxylic acids is 2. The van der Waals surface area contributed by atoms with Gasteiger partial charge in [0.2, 0.25) is 0 Å². The summed E-state index contributed by atoms with van der Waals surface area (Å²) < 4.78 is 5.40. The number of nitrogens with two attached hydrogens (primary N) is 1. The highest BCUT2D eigenvalue weighted by Crippen LogP contribution is 2.39. The van der Waals surface area contributed by atoms with Crippen LogP contribution in [0.15, 0.2) is 84.0 Å². The van der Waals surface area contributed by atoms with Crippen LogP contribution in [-0.2, 0) is 20.8 Å². The average Bonchev–Trinajstić information content (AvgIpc) is 2.87. The number of carbonyl (C=O) groups is 2. The smallest absolute Gasteiger partial charge is 0.346 e. The number of amidine groups is 1. The van der Waals surface area contributed by atoms with Crippen LogP contribution in [0.25, 0.3) is 0 Å². The Bertz CT molecular complexity index is 1150. The van der Waals surface area contributed by atoms with Crippen molar-refractivity contribution in [2.75, 3.05) is 0 Å². The van der Waals surface area contributed by atoms with E-state index < -0.39 is 11.9 Å². The first-order valence-electron chi connectivity index (χ1n) is 12.0. The second-order valence-corrected chi connectivity index (χ2v) is 8.79. The molecule has 6 heteroatoms. The molecular weight excluding hydrogens is 440 g/mol. The summed E-state index contributed by atoms with van der Waals surface area (Å²) in [6, 6.07) is 24.8. The van der Waals surface area contributed by atoms with Crippen molar-refractivity contribution in [3.63, 3.8) is 0 Å². The predicted molar refractivity (Wildman–Crippen MR) is 135 cm³/mol. The van der Waals surface area contributed by atoms with Crippen molar-refractivity contribution in [2.45, 2.75) is 50.9 Å². The number of hydrogen-bond acceptors (Lipinski definition) is 5. The van der Waals surface area contributed by atoms with Gasteiger partial charge in [-0.1, -0.05) is 78.0 Å². The summed E-state index contributed by atoms with van der Waals surface area (Å²) in [5.74, 6) is -0.175. The van der Waals surface area contributed by atoms with Gasteiger partial charge in [-0.2, -0.15) is 0 Å². The minimum atomic E-state index is -0.584. The molecule has 0 amide bonds. The van der Waals surface area contributed by atoms with Gasteiger partial charge in [-0.05, 0) is 59.9 Å². The van der Waals surface area contributed by atoms with Crippen molar-refractivity contribution < 1.29 is 19.2 Å². The molecule has 0 fully saturated rings. The fourth-order valence-electron chi connectivity index (χ4n) is 4.74. The second kappa shape index (κ2) is 11.5. The van der Waals surface area contributed by atoms with Crippen LogP contribution >= 0.6 is 0 Å². The minimum absolute atomic E-state index is 0.278. The predicted octanol–water partition coefficient (Wildman–Crippen LogP) is 5.46. The molecule has 1 aliphatic rings. The summed E-state index contributed by atoms with van der Waals surface area (Å²) in [7, 11) is 0. The van der Waals surface area contributed by atoms with Crippen LogP contribution in [0.4, 0.5) is 0 Å². The van der Waals surface area contributed by atoms with Crippen LogP contribution in [0, 0.1) is 0 Å². The van der Waals surface area contributed by atoms with Gasteiger partial charge >= 0.3 is 11.9 Å². The van der Waals surface area contributed by atoms with Gasteiger partial charge in [-0.15, -0.1) is 0 Å². The molecule has 4 rings (SSSR count). The number of hydrogen-bond donors (Lipinski definition) is 1. The number of rotatable bonds is 8. The highest BCUT2D eigenvalue weighted by Gasteiger charge is 2.26. The monoisotopic (exact) mass is 470 g/mol. The Balaban J connectivity index is 1.42. The number of oxime groups is 1. The first-order chi connectivity index (χ1) is 17.0. The van der Waals surface area contributed by atoms with E-state index in [0.717, 1.165) is 42.4 Å². The normalized spacial score (nSPS) is 15.4. The lowest BCUT2D eigenvalue weighted by Crippen LogP contribution is -2.20. The molecule has 0 spiro atoms. The lowest BCUT2D eigenvalue weighted by Gasteiger charge is -2.26. The van der Waals surface area contributed by atoms with Crippen molar-refractivity contribution in [1.29, 1.82) is 0 Å². The van der Waals surface area contributed by atoms with E-state index in [-0.39, 0.29) is 17.7 Å². The van der Waals surface area contributed by atoms with E-state index in [9.17, 15) is 9.59 Å². The van der Waals surface area contributed by atoms with Gasteiger partial charge in [0, 0.05) is 13.3 Å². The van der Waals surface area contributed by atoms with Crippen LogP contribution in [0.5, 0.6) is 5.75 Å². The first-order valence-corrected chi connectivity index (χ1v) is 12.0. The zero-order valence-corrected chi connectivity index (χ0v) is 19.9. The van der Waals surface area contributed by atoms with E-state index in [1.54, 1.807) is 0 Å². The topological polar surface area (TPSA) is 91.0 Å². The number of esters is 1. The Morgan fingerprint density at radius 3 is 2.26 bits per heavy atom. The Morgan fingerprint density at radius 1 is 0.971 bits per heavy atom. The number of fused-ring (bicyclic) bond motifs is 1. The average molecular weight is 471 g/mol. The molecule has 180 valence electrons. The van der Waals surface area contributed by atoms with Crippen molar-refractivity contribution in [1.82, 2.24) is 0 Å². The van der Waals surface area contributed by atoms with Crippen molar-refractivity contribution in [2.24, 2.45) is 10.9 Å². The third kappa shape index (κ3) is 6.15. The van der Waals surface area contributed by atoms with Gasteiger partial charge in [0.25, 0.3) is 0 Å². The van der Waals surface area contributed by atoms with E-state index in [1.165, 1.54) is 12.5 Å². The van der Waals surface area contributed by atoms with Gasteiger partial charge in [-0.25, -0.2) is 4.79 Å². The summed E-state index contributed by atoms with van der Waals surface area (Å²) >= 11 is 0. The Labute approximate surface area is 205 Å². The van der Waals surface area contributed by atoms with Gasteiger partial charge in [-0.3, -0.25) is 4.79 Å². The second-order valence-electron chi connectivity index (χ2n) is 8.79. The molecule has 3 aromatic rings. The molecule has 1 atom stereocenters. The third-order valence-corrected chi connectivity index (χ3v) is 6.35. The largest absolute Gasteiger partial charge is 0.426 e. The highest BCUT2D eigenvalue weighted by atomic mass is 16.7. The van der Waals surface area contributed by atoms with Crippen LogP contribution in [-0.4, -0.2) is 17.8 Å². The van der Waals surface area contributed by atoms with Crippen LogP contribution < -0.4 is 10.5 Å². The maximum atomic E-state index is 13.0. The molecule has 1 unspecified atom stereocenters. The molecule has 0 heterocycles. The number of nitrogens with zero attached hydrogens (tertiary/aromatic N) is 1. The molecule has 3 aromatic carbocycles. The Kier molecular flexibility index (Phi) is 7.93. The quantitative estimate of drug-likeness (QED) is 0.118. The van der Waals surface area contributed by atoms with Crippen molar-refractivity contribution in [3.8, 4) is 5.75 Å². The molecule has 35 heavy (non-hydrogen) atoms. The number of benzene rings is 3. The molecule has 0 saturated carbocycles. The van der Waals surface area contributed by atoms with Gasteiger partial charge in [0.1, 0.15) is 17.5 Å². The molecule has 0 aromatic heterocycles. The van der Waals surface area contributed by atoms with E-state index in [0.29, 0.717) is 12.2 Å². The SMILES string of the molecule is CC(=O)Oc1cccc2c1CCCC2CCC(N)=NOC(=O)C(c1ccccc1)c1ccccc1. The molecule has 2 N–H and O–H groups in total. The maximum absolute atomic E-state index is 13.0. The van der Waals surface area contributed by atoms with Crippen LogP contribution in [0.3, 0.4) is 0 Å². The summed E-state index contributed by atoms with van der Waals surface area (Å²) in [5, 5.41) is 3.97. The fourth-order valence-corrected chi connectivity index (χ4v) is 4.74. The Morgan fingerprint density at radius 2 is 1.63 bits per heavy atom. The lowest BCUT2D eigenvalue weighted by molar-refractivity contribution is -0.144. The molecule has 1 aliphatic carbocycles. The number of ether oxygens (including phenoxy) is 1. The third-order valence-electron chi connectivity index (χ3n) is 6.35. The summed E-state index contributed by atoms with van der Waals surface area (Å²) in [6.45, 7) is 1.41. The first kappa shape index (κ1) is 24.2. The standard InChI is InChI=1S/C29H30N2O4/c1-20(32)34-26-17-9-15-24-21(14-8-16-25(24)26)18-19-27(30)31-35-29(33)28(22-10-4-2-5-11-22)23-12-6-3-7-13-23/h2-7,9-13,15,17,21,28H,8,14,16,18-19H2,1H3,(H2,30,31).